The van der Waals surface area contributed by atoms with Crippen molar-refractivity contribution in [1.82, 2.24) is 14.9 Å². The molecule has 0 unspecified atom stereocenters. The number of rotatable bonds is 5. The highest BCUT2D eigenvalue weighted by molar-refractivity contribution is 5.94. The molecule has 4 rings (SSSR count). The van der Waals surface area contributed by atoms with Crippen LogP contribution in [0.5, 0.6) is 0 Å². The van der Waals surface area contributed by atoms with E-state index in [1.54, 1.807) is 4.90 Å². The molecule has 1 aliphatic rings. The maximum Gasteiger partial charge on any atom is 0.416 e. The number of nitrogens with zero attached hydrogens (tertiary/aromatic N) is 4. The highest BCUT2D eigenvalue weighted by atomic mass is 19.4. The Morgan fingerprint density at radius 3 is 2.55 bits per heavy atom. The zero-order valence-corrected chi connectivity index (χ0v) is 18.6. The van der Waals surface area contributed by atoms with Crippen LogP contribution in [0.15, 0.2) is 54.6 Å². The van der Waals surface area contributed by atoms with Gasteiger partial charge in [0.05, 0.1) is 17.8 Å². The van der Waals surface area contributed by atoms with Crippen LogP contribution in [0.4, 0.5) is 19.0 Å². The molecule has 1 amide bonds. The minimum Gasteiger partial charge on any atom is -0.359 e. The Balaban J connectivity index is 1.68. The highest BCUT2D eigenvalue weighted by Gasteiger charge is 2.32. The summed E-state index contributed by atoms with van der Waals surface area (Å²) in [5.41, 5.74) is 1.82. The lowest BCUT2D eigenvalue weighted by atomic mass is 10.0. The van der Waals surface area contributed by atoms with E-state index in [2.05, 4.69) is 6.92 Å². The highest BCUT2D eigenvalue weighted by Crippen LogP contribution is 2.32. The molecule has 0 aliphatic carbocycles. The van der Waals surface area contributed by atoms with Crippen molar-refractivity contribution >= 4 is 11.7 Å². The van der Waals surface area contributed by atoms with Crippen molar-refractivity contribution in [3.05, 3.63) is 77.0 Å². The maximum absolute atomic E-state index is 13.1. The molecule has 0 saturated carbocycles. The van der Waals surface area contributed by atoms with E-state index in [1.807, 2.05) is 42.3 Å². The second kappa shape index (κ2) is 9.21. The number of anilines is 1. The number of aromatic nitrogens is 2. The zero-order chi connectivity index (χ0) is 23.6. The first-order chi connectivity index (χ1) is 15.8. The molecule has 3 aromatic rings. The van der Waals surface area contributed by atoms with E-state index in [0.717, 1.165) is 47.7 Å². The molecule has 0 radical (unpaired) electrons. The average Bonchev–Trinajstić information content (AvgIpc) is 2.82. The van der Waals surface area contributed by atoms with Crippen molar-refractivity contribution in [3.8, 4) is 11.4 Å². The molecular formula is C25H25F3N4O. The number of hydrogen-bond acceptors (Lipinski definition) is 4. The van der Waals surface area contributed by atoms with Gasteiger partial charge in [-0.2, -0.15) is 13.2 Å². The number of amides is 1. The fraction of sp³-hybridized carbons (Fsp3) is 0.320. The van der Waals surface area contributed by atoms with Crippen LogP contribution < -0.4 is 4.90 Å². The Bertz CT molecular complexity index is 1150. The third kappa shape index (κ3) is 4.84. The average molecular weight is 454 g/mol. The predicted molar refractivity (Wildman–Crippen MR) is 121 cm³/mol. The molecule has 1 aromatic heterocycles. The number of alkyl halides is 3. The molecule has 0 atom stereocenters. The molecule has 8 heteroatoms. The molecule has 0 bridgehead atoms. The number of benzene rings is 2. The van der Waals surface area contributed by atoms with Gasteiger partial charge in [0.25, 0.3) is 5.91 Å². The van der Waals surface area contributed by atoms with Crippen molar-refractivity contribution in [1.29, 1.82) is 0 Å². The van der Waals surface area contributed by atoms with Crippen LogP contribution in [-0.4, -0.2) is 40.9 Å². The van der Waals surface area contributed by atoms with Gasteiger partial charge in [-0.3, -0.25) is 4.79 Å². The Morgan fingerprint density at radius 1 is 1.09 bits per heavy atom. The van der Waals surface area contributed by atoms with E-state index in [1.165, 1.54) is 12.1 Å². The Kier molecular flexibility index (Phi) is 6.35. The molecule has 0 N–H and O–H groups in total. The van der Waals surface area contributed by atoms with Crippen molar-refractivity contribution in [2.75, 3.05) is 25.0 Å². The van der Waals surface area contributed by atoms with Crippen LogP contribution in [0.25, 0.3) is 11.4 Å². The van der Waals surface area contributed by atoms with Crippen LogP contribution in [0, 0.1) is 0 Å². The number of hydrogen-bond donors (Lipinski definition) is 0. The van der Waals surface area contributed by atoms with Crippen molar-refractivity contribution < 1.29 is 18.0 Å². The third-order valence-electron chi connectivity index (χ3n) is 5.72. The summed E-state index contributed by atoms with van der Waals surface area (Å²) >= 11 is 0. The van der Waals surface area contributed by atoms with E-state index >= 15 is 0 Å². The third-order valence-corrected chi connectivity index (χ3v) is 5.72. The molecular weight excluding hydrogens is 429 g/mol. The van der Waals surface area contributed by atoms with Crippen molar-refractivity contribution in [2.45, 2.75) is 32.5 Å². The van der Waals surface area contributed by atoms with Crippen LogP contribution in [-0.2, 0) is 19.1 Å². The number of carbonyl (C=O) groups excluding carboxylic acids is 1. The van der Waals surface area contributed by atoms with Gasteiger partial charge >= 0.3 is 6.18 Å². The lowest BCUT2D eigenvalue weighted by Crippen LogP contribution is -2.38. The largest absolute Gasteiger partial charge is 0.416 e. The minimum atomic E-state index is -4.50. The summed E-state index contributed by atoms with van der Waals surface area (Å²) in [4.78, 5) is 26.3. The summed E-state index contributed by atoms with van der Waals surface area (Å²) in [6.07, 6.45) is -3.07. The fourth-order valence-electron chi connectivity index (χ4n) is 4.05. The molecule has 0 saturated heterocycles. The van der Waals surface area contributed by atoms with E-state index in [4.69, 9.17) is 9.97 Å². The summed E-state index contributed by atoms with van der Waals surface area (Å²) in [6.45, 7) is 3.48. The van der Waals surface area contributed by atoms with E-state index < -0.39 is 17.6 Å². The van der Waals surface area contributed by atoms with Gasteiger partial charge < -0.3 is 9.80 Å². The number of halogens is 3. The van der Waals surface area contributed by atoms with Crippen LogP contribution in [0.2, 0.25) is 0 Å². The number of fused-ring (bicyclic) bond motifs is 1. The van der Waals surface area contributed by atoms with Gasteiger partial charge in [-0.25, -0.2) is 9.97 Å². The molecule has 2 aromatic carbocycles. The first-order valence-corrected chi connectivity index (χ1v) is 10.9. The Morgan fingerprint density at radius 2 is 1.85 bits per heavy atom. The van der Waals surface area contributed by atoms with Gasteiger partial charge in [0.2, 0.25) is 0 Å². The summed E-state index contributed by atoms with van der Waals surface area (Å²) in [5, 5.41) is 0. The lowest BCUT2D eigenvalue weighted by Gasteiger charge is -2.32. The first kappa shape index (κ1) is 22.8. The van der Waals surface area contributed by atoms with Crippen LogP contribution in [0.3, 0.4) is 0 Å². The van der Waals surface area contributed by atoms with E-state index in [9.17, 15) is 18.0 Å². The van der Waals surface area contributed by atoms with Gasteiger partial charge in [-0.1, -0.05) is 43.3 Å². The van der Waals surface area contributed by atoms with Gasteiger partial charge in [-0.05, 0) is 24.6 Å². The van der Waals surface area contributed by atoms with Crippen molar-refractivity contribution in [3.63, 3.8) is 0 Å². The number of carbonyl (C=O) groups is 1. The molecule has 1 aliphatic heterocycles. The molecule has 172 valence electrons. The van der Waals surface area contributed by atoms with Gasteiger partial charge in [0, 0.05) is 43.2 Å². The van der Waals surface area contributed by atoms with Gasteiger partial charge in [-0.15, -0.1) is 0 Å². The second-order valence-electron chi connectivity index (χ2n) is 8.14. The summed E-state index contributed by atoms with van der Waals surface area (Å²) in [7, 11) is 1.95. The van der Waals surface area contributed by atoms with Gasteiger partial charge in [0.15, 0.2) is 5.82 Å². The standard InChI is InChI=1S/C25H25F3N4O/c1-3-13-31(2)23-20-16-32(24(33)18-10-7-11-19(15-18)25(26,27)28)14-12-21(20)29-22(30-23)17-8-5-4-6-9-17/h4-11,15H,3,12-14,16H2,1-2H3. The fourth-order valence-corrected chi connectivity index (χ4v) is 4.05. The Labute approximate surface area is 190 Å². The first-order valence-electron chi connectivity index (χ1n) is 10.9. The molecule has 0 fully saturated rings. The topological polar surface area (TPSA) is 49.3 Å². The van der Waals surface area contributed by atoms with E-state index in [0.29, 0.717) is 18.8 Å². The molecule has 2 heterocycles. The second-order valence-corrected chi connectivity index (χ2v) is 8.14. The SMILES string of the molecule is CCCN(C)c1nc(-c2ccccc2)nc2c1CN(C(=O)c1cccc(C(F)(F)F)c1)CC2. The minimum absolute atomic E-state index is 0.0264. The Hall–Kier alpha value is -3.42. The summed E-state index contributed by atoms with van der Waals surface area (Å²) in [5.74, 6) is 0.954. The summed E-state index contributed by atoms with van der Waals surface area (Å²) < 4.78 is 39.3. The maximum atomic E-state index is 13.1. The van der Waals surface area contributed by atoms with Crippen molar-refractivity contribution in [2.24, 2.45) is 0 Å². The quantitative estimate of drug-likeness (QED) is 0.531. The van der Waals surface area contributed by atoms with Crippen LogP contribution >= 0.6 is 0 Å². The zero-order valence-electron chi connectivity index (χ0n) is 18.6. The summed E-state index contributed by atoms with van der Waals surface area (Å²) in [6, 6.07) is 14.3. The predicted octanol–water partition coefficient (Wildman–Crippen LogP) is 5.21. The van der Waals surface area contributed by atoms with Crippen LogP contribution in [0.1, 0.15) is 40.5 Å². The van der Waals surface area contributed by atoms with E-state index in [-0.39, 0.29) is 12.1 Å². The molecule has 33 heavy (non-hydrogen) atoms. The smallest absolute Gasteiger partial charge is 0.359 e. The lowest BCUT2D eigenvalue weighted by molar-refractivity contribution is -0.137. The normalized spacial score (nSPS) is 13.5. The monoisotopic (exact) mass is 454 g/mol. The molecule has 5 nitrogen and oxygen atoms in total. The molecule has 0 spiro atoms. The van der Waals surface area contributed by atoms with Gasteiger partial charge in [0.1, 0.15) is 5.82 Å².